The summed E-state index contributed by atoms with van der Waals surface area (Å²) in [5.74, 6) is 0.250. The maximum Gasteiger partial charge on any atom is 0.221 e. The van der Waals surface area contributed by atoms with Gasteiger partial charge in [-0.05, 0) is 30.3 Å². The van der Waals surface area contributed by atoms with E-state index >= 15 is 0 Å². The first-order valence-corrected chi connectivity index (χ1v) is 7.45. The second-order valence-corrected chi connectivity index (χ2v) is 5.86. The standard InChI is InChI=1S/C16H11BrClN3/c17-12-5-1-10(2-6-12)14-9-15(21-16(19)20-14)11-3-7-13(18)8-4-11/h1-9H,(H2,19,20,21). The molecule has 0 atom stereocenters. The predicted molar refractivity (Wildman–Crippen MR) is 90.0 cm³/mol. The van der Waals surface area contributed by atoms with E-state index < -0.39 is 0 Å². The average molecular weight is 361 g/mol. The highest BCUT2D eigenvalue weighted by Gasteiger charge is 2.07. The Bertz CT molecular complexity index is 707. The van der Waals surface area contributed by atoms with Crippen LogP contribution in [0.3, 0.4) is 0 Å². The summed E-state index contributed by atoms with van der Waals surface area (Å²) >= 11 is 9.33. The van der Waals surface area contributed by atoms with E-state index in [1.54, 1.807) is 0 Å². The van der Waals surface area contributed by atoms with E-state index in [-0.39, 0.29) is 5.95 Å². The van der Waals surface area contributed by atoms with Gasteiger partial charge >= 0.3 is 0 Å². The highest BCUT2D eigenvalue weighted by atomic mass is 79.9. The van der Waals surface area contributed by atoms with Gasteiger partial charge in [0.25, 0.3) is 0 Å². The number of nitrogen functional groups attached to an aromatic ring is 1. The summed E-state index contributed by atoms with van der Waals surface area (Å²) < 4.78 is 1.02. The lowest BCUT2D eigenvalue weighted by molar-refractivity contribution is 1.19. The Balaban J connectivity index is 2.07. The van der Waals surface area contributed by atoms with Crippen molar-refractivity contribution in [2.75, 3.05) is 5.73 Å². The molecule has 0 spiro atoms. The van der Waals surface area contributed by atoms with Gasteiger partial charge in [0.05, 0.1) is 11.4 Å². The number of hydrogen-bond donors (Lipinski definition) is 1. The minimum Gasteiger partial charge on any atom is -0.368 e. The number of nitrogens with zero attached hydrogens (tertiary/aromatic N) is 2. The fourth-order valence-electron chi connectivity index (χ4n) is 2.00. The fraction of sp³-hybridized carbons (Fsp3) is 0. The molecule has 0 saturated carbocycles. The molecule has 0 fully saturated rings. The van der Waals surface area contributed by atoms with Gasteiger partial charge in [-0.25, -0.2) is 9.97 Å². The summed E-state index contributed by atoms with van der Waals surface area (Å²) in [5.41, 5.74) is 9.34. The third-order valence-electron chi connectivity index (χ3n) is 3.02. The van der Waals surface area contributed by atoms with Crippen molar-refractivity contribution >= 4 is 33.5 Å². The van der Waals surface area contributed by atoms with E-state index in [1.165, 1.54) is 0 Å². The number of nitrogens with two attached hydrogens (primary N) is 1. The van der Waals surface area contributed by atoms with Crippen LogP contribution in [0.2, 0.25) is 5.02 Å². The molecule has 0 aliphatic heterocycles. The second-order valence-electron chi connectivity index (χ2n) is 4.51. The lowest BCUT2D eigenvalue weighted by atomic mass is 10.1. The topological polar surface area (TPSA) is 51.8 Å². The van der Waals surface area contributed by atoms with Crippen molar-refractivity contribution in [2.45, 2.75) is 0 Å². The zero-order valence-electron chi connectivity index (χ0n) is 10.9. The summed E-state index contributed by atoms with van der Waals surface area (Å²) in [7, 11) is 0. The molecule has 0 amide bonds. The molecule has 2 N–H and O–H groups in total. The van der Waals surface area contributed by atoms with Gasteiger partial charge in [0.15, 0.2) is 0 Å². The molecule has 1 heterocycles. The zero-order chi connectivity index (χ0) is 14.8. The van der Waals surface area contributed by atoms with E-state index in [1.807, 2.05) is 54.6 Å². The van der Waals surface area contributed by atoms with E-state index in [9.17, 15) is 0 Å². The molecular formula is C16H11BrClN3. The van der Waals surface area contributed by atoms with Crippen LogP contribution >= 0.6 is 27.5 Å². The maximum absolute atomic E-state index is 5.91. The third-order valence-corrected chi connectivity index (χ3v) is 3.80. The maximum atomic E-state index is 5.91. The number of halogens is 2. The van der Waals surface area contributed by atoms with Gasteiger partial charge in [0.1, 0.15) is 0 Å². The van der Waals surface area contributed by atoms with Crippen LogP contribution in [0.5, 0.6) is 0 Å². The van der Waals surface area contributed by atoms with Crippen molar-refractivity contribution in [1.82, 2.24) is 9.97 Å². The molecule has 1 aromatic heterocycles. The lowest BCUT2D eigenvalue weighted by Crippen LogP contribution is -1.98. The van der Waals surface area contributed by atoms with Gasteiger partial charge in [0, 0.05) is 20.6 Å². The molecule has 3 nitrogen and oxygen atoms in total. The summed E-state index contributed by atoms with van der Waals surface area (Å²) in [6.45, 7) is 0. The molecule has 3 aromatic rings. The largest absolute Gasteiger partial charge is 0.368 e. The van der Waals surface area contributed by atoms with Crippen LogP contribution in [0.25, 0.3) is 22.5 Å². The fourth-order valence-corrected chi connectivity index (χ4v) is 2.39. The van der Waals surface area contributed by atoms with Gasteiger partial charge in [-0.1, -0.05) is 51.8 Å². The zero-order valence-corrected chi connectivity index (χ0v) is 13.3. The Kier molecular flexibility index (Phi) is 3.90. The van der Waals surface area contributed by atoms with Crippen molar-refractivity contribution in [3.8, 4) is 22.5 Å². The van der Waals surface area contributed by atoms with Crippen molar-refractivity contribution < 1.29 is 0 Å². The Morgan fingerprint density at radius 3 is 1.81 bits per heavy atom. The van der Waals surface area contributed by atoms with Crippen LogP contribution in [0, 0.1) is 0 Å². The molecule has 0 aliphatic rings. The first-order valence-electron chi connectivity index (χ1n) is 6.28. The Morgan fingerprint density at radius 1 is 0.810 bits per heavy atom. The Labute approximate surface area is 135 Å². The summed E-state index contributed by atoms with van der Waals surface area (Å²) in [5, 5.41) is 0.689. The molecule has 3 rings (SSSR count). The van der Waals surface area contributed by atoms with Gasteiger partial charge < -0.3 is 5.73 Å². The van der Waals surface area contributed by atoms with Crippen LogP contribution in [-0.2, 0) is 0 Å². The molecule has 0 aliphatic carbocycles. The minimum absolute atomic E-state index is 0.250. The smallest absolute Gasteiger partial charge is 0.221 e. The summed E-state index contributed by atoms with van der Waals surface area (Å²) in [4.78, 5) is 8.59. The molecule has 0 radical (unpaired) electrons. The normalized spacial score (nSPS) is 10.6. The van der Waals surface area contributed by atoms with Crippen molar-refractivity contribution in [3.63, 3.8) is 0 Å². The number of hydrogen-bond acceptors (Lipinski definition) is 3. The highest BCUT2D eigenvalue weighted by Crippen LogP contribution is 2.26. The van der Waals surface area contributed by atoms with Crippen LogP contribution < -0.4 is 5.73 Å². The van der Waals surface area contributed by atoms with Crippen molar-refractivity contribution in [3.05, 3.63) is 64.1 Å². The third kappa shape index (κ3) is 3.23. The molecule has 2 aromatic carbocycles. The molecule has 0 unspecified atom stereocenters. The van der Waals surface area contributed by atoms with E-state index in [0.717, 1.165) is 27.0 Å². The number of anilines is 1. The van der Waals surface area contributed by atoms with Crippen LogP contribution in [0.1, 0.15) is 0 Å². The minimum atomic E-state index is 0.250. The lowest BCUT2D eigenvalue weighted by Gasteiger charge is -2.06. The van der Waals surface area contributed by atoms with E-state index in [0.29, 0.717) is 5.02 Å². The Morgan fingerprint density at radius 2 is 1.29 bits per heavy atom. The number of benzene rings is 2. The first kappa shape index (κ1) is 14.0. The molecule has 0 saturated heterocycles. The van der Waals surface area contributed by atoms with Gasteiger partial charge in [0.2, 0.25) is 5.95 Å². The van der Waals surface area contributed by atoms with Gasteiger partial charge in [-0.15, -0.1) is 0 Å². The second kappa shape index (κ2) is 5.84. The van der Waals surface area contributed by atoms with Crippen molar-refractivity contribution in [1.29, 1.82) is 0 Å². The van der Waals surface area contributed by atoms with Crippen LogP contribution in [0.4, 0.5) is 5.95 Å². The van der Waals surface area contributed by atoms with Crippen molar-refractivity contribution in [2.24, 2.45) is 0 Å². The molecular weight excluding hydrogens is 350 g/mol. The molecule has 5 heteroatoms. The quantitative estimate of drug-likeness (QED) is 0.713. The van der Waals surface area contributed by atoms with E-state index in [4.69, 9.17) is 17.3 Å². The SMILES string of the molecule is Nc1nc(-c2ccc(Cl)cc2)cc(-c2ccc(Br)cc2)n1. The number of aromatic nitrogens is 2. The van der Waals surface area contributed by atoms with Crippen LogP contribution in [-0.4, -0.2) is 9.97 Å². The summed E-state index contributed by atoms with van der Waals surface area (Å²) in [6.07, 6.45) is 0. The monoisotopic (exact) mass is 359 g/mol. The Hall–Kier alpha value is -1.91. The predicted octanol–water partition coefficient (Wildman–Crippen LogP) is 4.81. The number of rotatable bonds is 2. The first-order chi connectivity index (χ1) is 10.1. The summed E-state index contributed by atoms with van der Waals surface area (Å²) in [6, 6.07) is 17.3. The molecule has 0 bridgehead atoms. The van der Waals surface area contributed by atoms with Gasteiger partial charge in [-0.2, -0.15) is 0 Å². The highest BCUT2D eigenvalue weighted by molar-refractivity contribution is 9.10. The van der Waals surface area contributed by atoms with Crippen LogP contribution in [0.15, 0.2) is 59.1 Å². The molecule has 104 valence electrons. The van der Waals surface area contributed by atoms with Gasteiger partial charge in [-0.3, -0.25) is 0 Å². The average Bonchev–Trinajstić information content (AvgIpc) is 2.48. The molecule has 21 heavy (non-hydrogen) atoms. The van der Waals surface area contributed by atoms with E-state index in [2.05, 4.69) is 25.9 Å².